The molecule has 0 heterocycles. The van der Waals surface area contributed by atoms with E-state index in [0.29, 0.717) is 11.3 Å². The summed E-state index contributed by atoms with van der Waals surface area (Å²) in [6, 6.07) is 20.8. The molecule has 1 atom stereocenters. The molecule has 170 valence electrons. The van der Waals surface area contributed by atoms with Crippen molar-refractivity contribution in [2.24, 2.45) is 5.92 Å². The molecule has 1 unspecified atom stereocenters. The van der Waals surface area contributed by atoms with Gasteiger partial charge in [-0.15, -0.1) is 11.8 Å². The van der Waals surface area contributed by atoms with Crippen LogP contribution in [0.1, 0.15) is 29.2 Å². The van der Waals surface area contributed by atoms with Crippen LogP contribution in [0.15, 0.2) is 83.8 Å². The molecule has 0 aliphatic heterocycles. The molecule has 33 heavy (non-hydrogen) atoms. The number of alkyl halides is 3. The Labute approximate surface area is 193 Å². The van der Waals surface area contributed by atoms with E-state index in [2.05, 4.69) is 10.6 Å². The van der Waals surface area contributed by atoms with Crippen LogP contribution in [0.25, 0.3) is 0 Å². The van der Waals surface area contributed by atoms with Crippen LogP contribution in [0.5, 0.6) is 0 Å². The van der Waals surface area contributed by atoms with E-state index < -0.39 is 22.9 Å². The van der Waals surface area contributed by atoms with Crippen molar-refractivity contribution in [3.8, 4) is 0 Å². The van der Waals surface area contributed by atoms with Crippen LogP contribution in [0.3, 0.4) is 0 Å². The summed E-state index contributed by atoms with van der Waals surface area (Å²) in [6.07, 6.45) is -2.77. The number of hydrogen-bond donors (Lipinski definition) is 2. The van der Waals surface area contributed by atoms with Crippen LogP contribution in [-0.2, 0) is 15.8 Å². The Bertz CT molecular complexity index is 1130. The molecular formula is C25H21F3N2O2S. The van der Waals surface area contributed by atoms with Gasteiger partial charge in [0.15, 0.2) is 0 Å². The molecule has 1 saturated carbocycles. The lowest BCUT2D eigenvalue weighted by atomic mass is 10.1. The van der Waals surface area contributed by atoms with Crippen molar-refractivity contribution in [1.29, 1.82) is 0 Å². The molecule has 1 fully saturated rings. The Balaban J connectivity index is 1.54. The monoisotopic (exact) mass is 470 g/mol. The molecule has 4 nitrogen and oxygen atoms in total. The molecule has 0 saturated heterocycles. The van der Waals surface area contributed by atoms with Gasteiger partial charge in [-0.3, -0.25) is 9.59 Å². The molecule has 8 heteroatoms. The van der Waals surface area contributed by atoms with E-state index >= 15 is 0 Å². The van der Waals surface area contributed by atoms with E-state index in [-0.39, 0.29) is 17.5 Å². The van der Waals surface area contributed by atoms with Gasteiger partial charge in [-0.2, -0.15) is 13.2 Å². The maximum Gasteiger partial charge on any atom is 0.418 e. The zero-order valence-electron chi connectivity index (χ0n) is 17.4. The minimum Gasteiger partial charge on any atom is -0.326 e. The number of nitrogens with one attached hydrogen (secondary N) is 2. The highest BCUT2D eigenvalue weighted by Crippen LogP contribution is 2.39. The van der Waals surface area contributed by atoms with E-state index in [0.717, 1.165) is 23.8 Å². The van der Waals surface area contributed by atoms with Gasteiger partial charge in [0.25, 0.3) is 0 Å². The average molecular weight is 471 g/mol. The summed E-state index contributed by atoms with van der Waals surface area (Å²) in [7, 11) is 0. The molecule has 1 aliphatic rings. The normalized spacial score (nSPS) is 14.4. The number of rotatable bonds is 7. The predicted octanol–water partition coefficient (Wildman–Crippen LogP) is 6.53. The van der Waals surface area contributed by atoms with Crippen molar-refractivity contribution >= 4 is 35.0 Å². The average Bonchev–Trinajstić information content (AvgIpc) is 3.64. The van der Waals surface area contributed by atoms with E-state index in [9.17, 15) is 22.8 Å². The minimum absolute atomic E-state index is 0.000253. The van der Waals surface area contributed by atoms with Crippen LogP contribution in [0.4, 0.5) is 24.5 Å². The fraction of sp³-hybridized carbons (Fsp3) is 0.200. The SMILES string of the molecule is O=C(Nc1ccc(SC(C(=O)Nc2ccccc2C(F)(F)F)c2ccccc2)cc1)C1CC1. The lowest BCUT2D eigenvalue weighted by Crippen LogP contribution is -2.21. The molecular weight excluding hydrogens is 449 g/mol. The topological polar surface area (TPSA) is 58.2 Å². The number of carbonyl (C=O) groups is 2. The Hall–Kier alpha value is -3.26. The summed E-state index contributed by atoms with van der Waals surface area (Å²) in [5, 5.41) is 4.54. The van der Waals surface area contributed by atoms with Crippen LogP contribution in [0.2, 0.25) is 0 Å². The first kappa shape index (κ1) is 22.9. The first-order valence-corrected chi connectivity index (χ1v) is 11.3. The number of hydrogen-bond acceptors (Lipinski definition) is 3. The Kier molecular flexibility index (Phi) is 6.74. The molecule has 3 aromatic rings. The third-order valence-corrected chi connectivity index (χ3v) is 6.42. The predicted molar refractivity (Wildman–Crippen MR) is 123 cm³/mol. The molecule has 2 amide bonds. The van der Waals surface area contributed by atoms with Crippen molar-refractivity contribution in [3.05, 3.63) is 90.0 Å². The highest BCUT2D eigenvalue weighted by atomic mass is 32.2. The number of carbonyl (C=O) groups excluding carboxylic acids is 2. The Morgan fingerprint density at radius 2 is 1.48 bits per heavy atom. The number of para-hydroxylation sites is 1. The van der Waals surface area contributed by atoms with E-state index in [1.807, 2.05) is 0 Å². The molecule has 3 aromatic carbocycles. The standard InChI is InChI=1S/C25H21F3N2O2S/c26-25(27,28)20-8-4-5-9-21(20)30-24(32)22(16-6-2-1-3-7-16)33-19-14-12-18(13-15-19)29-23(31)17-10-11-17/h1-9,12-15,17,22H,10-11H2,(H,29,31)(H,30,32). The highest BCUT2D eigenvalue weighted by molar-refractivity contribution is 8.00. The number of thioether (sulfide) groups is 1. The minimum atomic E-state index is -4.58. The smallest absolute Gasteiger partial charge is 0.326 e. The maximum absolute atomic E-state index is 13.4. The largest absolute Gasteiger partial charge is 0.418 e. The second-order valence-electron chi connectivity index (χ2n) is 7.73. The summed E-state index contributed by atoms with van der Waals surface area (Å²) in [5.41, 5.74) is 0.146. The van der Waals surface area contributed by atoms with Crippen LogP contribution in [-0.4, -0.2) is 11.8 Å². The quantitative estimate of drug-likeness (QED) is 0.386. The number of anilines is 2. The molecule has 0 radical (unpaired) electrons. The fourth-order valence-corrected chi connectivity index (χ4v) is 4.31. The molecule has 2 N–H and O–H groups in total. The fourth-order valence-electron chi connectivity index (χ4n) is 3.28. The van der Waals surface area contributed by atoms with Gasteiger partial charge in [-0.25, -0.2) is 0 Å². The first-order chi connectivity index (χ1) is 15.8. The van der Waals surface area contributed by atoms with E-state index in [1.165, 1.54) is 30.0 Å². The summed E-state index contributed by atoms with van der Waals surface area (Å²) in [6.45, 7) is 0. The third-order valence-electron chi connectivity index (χ3n) is 5.15. The van der Waals surface area contributed by atoms with Gasteiger partial charge in [-0.05, 0) is 54.8 Å². The van der Waals surface area contributed by atoms with Crippen molar-refractivity contribution in [2.45, 2.75) is 29.2 Å². The highest BCUT2D eigenvalue weighted by Gasteiger charge is 2.34. The zero-order chi connectivity index (χ0) is 23.4. The molecule has 0 bridgehead atoms. The van der Waals surface area contributed by atoms with Crippen molar-refractivity contribution in [2.75, 3.05) is 10.6 Å². The van der Waals surface area contributed by atoms with Crippen LogP contribution >= 0.6 is 11.8 Å². The number of benzene rings is 3. The molecule has 0 spiro atoms. The van der Waals surface area contributed by atoms with E-state index in [1.54, 1.807) is 54.6 Å². The molecule has 1 aliphatic carbocycles. The van der Waals surface area contributed by atoms with Crippen molar-refractivity contribution < 1.29 is 22.8 Å². The van der Waals surface area contributed by atoms with Crippen LogP contribution in [0, 0.1) is 5.92 Å². The summed E-state index contributed by atoms with van der Waals surface area (Å²) >= 11 is 1.22. The lowest BCUT2D eigenvalue weighted by Gasteiger charge is -2.19. The van der Waals surface area contributed by atoms with Gasteiger partial charge >= 0.3 is 6.18 Å². The van der Waals surface area contributed by atoms with Gasteiger partial charge in [0.2, 0.25) is 11.8 Å². The lowest BCUT2D eigenvalue weighted by molar-refractivity contribution is -0.137. The van der Waals surface area contributed by atoms with Gasteiger partial charge < -0.3 is 10.6 Å². The van der Waals surface area contributed by atoms with Crippen LogP contribution < -0.4 is 10.6 Å². The third kappa shape index (κ3) is 5.96. The van der Waals surface area contributed by atoms with Gasteiger partial charge in [0.05, 0.1) is 11.3 Å². The maximum atomic E-state index is 13.4. The van der Waals surface area contributed by atoms with E-state index in [4.69, 9.17) is 0 Å². The Morgan fingerprint density at radius 3 is 2.12 bits per heavy atom. The van der Waals surface area contributed by atoms with Gasteiger partial charge in [-0.1, -0.05) is 42.5 Å². The summed E-state index contributed by atoms with van der Waals surface area (Å²) in [5.74, 6) is -0.473. The van der Waals surface area contributed by atoms with Crippen molar-refractivity contribution in [1.82, 2.24) is 0 Å². The number of amides is 2. The number of halogens is 3. The van der Waals surface area contributed by atoms with Crippen molar-refractivity contribution in [3.63, 3.8) is 0 Å². The first-order valence-electron chi connectivity index (χ1n) is 10.4. The Morgan fingerprint density at radius 1 is 0.848 bits per heavy atom. The molecule has 4 rings (SSSR count). The summed E-state index contributed by atoms with van der Waals surface area (Å²) < 4.78 is 40.1. The zero-order valence-corrected chi connectivity index (χ0v) is 18.2. The van der Waals surface area contributed by atoms with Gasteiger partial charge in [0.1, 0.15) is 5.25 Å². The van der Waals surface area contributed by atoms with Gasteiger partial charge in [0, 0.05) is 16.5 Å². The molecule has 0 aromatic heterocycles. The second-order valence-corrected chi connectivity index (χ2v) is 8.91. The second kappa shape index (κ2) is 9.70. The summed E-state index contributed by atoms with van der Waals surface area (Å²) in [4.78, 5) is 25.8.